The average Bonchev–Trinajstić information content (AvgIpc) is 2.44. The Labute approximate surface area is 133 Å². The van der Waals surface area contributed by atoms with Crippen LogP contribution in [0.5, 0.6) is 0 Å². The molecule has 1 aliphatic carbocycles. The van der Waals surface area contributed by atoms with E-state index in [4.69, 9.17) is 11.6 Å². The van der Waals surface area contributed by atoms with E-state index in [1.165, 1.54) is 19.3 Å². The Morgan fingerprint density at radius 2 is 2.05 bits per heavy atom. The van der Waals surface area contributed by atoms with Crippen LogP contribution >= 0.6 is 27.5 Å². The zero-order chi connectivity index (χ0) is 14.6. The molecule has 2 rings (SSSR count). The molecule has 110 valence electrons. The third-order valence-electron chi connectivity index (χ3n) is 4.04. The number of hydrogen-bond acceptors (Lipinski definition) is 2. The first-order valence-electron chi connectivity index (χ1n) is 6.98. The number of carbonyl (C=O) groups excluding carboxylic acids is 1. The van der Waals surface area contributed by atoms with Crippen LogP contribution in [0.15, 0.2) is 22.7 Å². The molecule has 5 heteroatoms. The van der Waals surface area contributed by atoms with Crippen molar-refractivity contribution in [2.75, 3.05) is 12.4 Å². The summed E-state index contributed by atoms with van der Waals surface area (Å²) < 4.78 is 0.845. The Hall–Kier alpha value is -0.580. The monoisotopic (exact) mass is 358 g/mol. The van der Waals surface area contributed by atoms with E-state index < -0.39 is 0 Å². The van der Waals surface area contributed by atoms with E-state index in [9.17, 15) is 4.79 Å². The predicted octanol–water partition coefficient (Wildman–Crippen LogP) is 4.35. The quantitative estimate of drug-likeness (QED) is 0.839. The van der Waals surface area contributed by atoms with Gasteiger partial charge in [-0.25, -0.2) is 0 Å². The Bertz CT molecular complexity index is 487. The molecule has 0 aromatic heterocycles. The van der Waals surface area contributed by atoms with Crippen LogP contribution in [0.4, 0.5) is 5.69 Å². The van der Waals surface area contributed by atoms with Crippen LogP contribution < -0.4 is 10.6 Å². The van der Waals surface area contributed by atoms with Gasteiger partial charge in [-0.1, -0.05) is 30.9 Å². The molecule has 1 saturated carbocycles. The highest BCUT2D eigenvalue weighted by Crippen LogP contribution is 2.32. The van der Waals surface area contributed by atoms with Crippen molar-refractivity contribution in [3.05, 3.63) is 27.7 Å². The van der Waals surface area contributed by atoms with Crippen LogP contribution in [-0.2, 0) is 4.79 Å². The van der Waals surface area contributed by atoms with Crippen LogP contribution in [-0.4, -0.2) is 18.5 Å². The van der Waals surface area contributed by atoms with Gasteiger partial charge < -0.3 is 10.6 Å². The Morgan fingerprint density at radius 1 is 1.35 bits per heavy atom. The second-order valence-corrected chi connectivity index (χ2v) is 6.73. The van der Waals surface area contributed by atoms with Gasteiger partial charge in [0, 0.05) is 21.5 Å². The lowest BCUT2D eigenvalue weighted by Gasteiger charge is -2.36. The average molecular weight is 360 g/mol. The maximum Gasteiger partial charge on any atom is 0.226 e. The largest absolute Gasteiger partial charge is 0.325 e. The second kappa shape index (κ2) is 6.92. The van der Waals surface area contributed by atoms with E-state index in [-0.39, 0.29) is 11.4 Å². The van der Waals surface area contributed by atoms with E-state index in [1.54, 1.807) is 12.1 Å². The fraction of sp³-hybridized carbons (Fsp3) is 0.533. The Morgan fingerprint density at radius 3 is 2.70 bits per heavy atom. The zero-order valence-electron chi connectivity index (χ0n) is 11.6. The molecule has 1 fully saturated rings. The number of anilines is 1. The number of amides is 1. The summed E-state index contributed by atoms with van der Waals surface area (Å²) in [5, 5.41) is 6.92. The topological polar surface area (TPSA) is 41.1 Å². The first-order valence-corrected chi connectivity index (χ1v) is 8.16. The summed E-state index contributed by atoms with van der Waals surface area (Å²) in [5.74, 6) is 0.0317. The lowest BCUT2D eigenvalue weighted by molar-refractivity contribution is -0.117. The van der Waals surface area contributed by atoms with Crippen LogP contribution in [0.3, 0.4) is 0 Å². The van der Waals surface area contributed by atoms with Crippen molar-refractivity contribution in [3.8, 4) is 0 Å². The van der Waals surface area contributed by atoms with Crippen LogP contribution in [0.2, 0.25) is 5.02 Å². The van der Waals surface area contributed by atoms with Crippen molar-refractivity contribution in [3.63, 3.8) is 0 Å². The second-order valence-electron chi connectivity index (χ2n) is 5.44. The van der Waals surface area contributed by atoms with Gasteiger partial charge in [-0.2, -0.15) is 0 Å². The molecule has 3 nitrogen and oxygen atoms in total. The molecule has 1 aromatic rings. The molecule has 20 heavy (non-hydrogen) atoms. The predicted molar refractivity (Wildman–Crippen MR) is 87.3 cm³/mol. The van der Waals surface area contributed by atoms with Crippen molar-refractivity contribution in [2.24, 2.45) is 0 Å². The van der Waals surface area contributed by atoms with Gasteiger partial charge in [0.05, 0.1) is 5.69 Å². The van der Waals surface area contributed by atoms with Gasteiger partial charge in [0.2, 0.25) is 5.91 Å². The highest BCUT2D eigenvalue weighted by molar-refractivity contribution is 9.10. The molecule has 0 unspecified atom stereocenters. The van der Waals surface area contributed by atoms with Gasteiger partial charge in [-0.05, 0) is 54.0 Å². The van der Waals surface area contributed by atoms with Crippen molar-refractivity contribution in [1.82, 2.24) is 5.32 Å². The number of halogens is 2. The molecule has 0 spiro atoms. The summed E-state index contributed by atoms with van der Waals surface area (Å²) in [7, 11) is 1.95. The number of benzene rings is 1. The Balaban J connectivity index is 2.02. The third-order valence-corrected chi connectivity index (χ3v) is 4.97. The molecular formula is C15H20BrClN2O. The van der Waals surface area contributed by atoms with Gasteiger partial charge in [-0.3, -0.25) is 4.79 Å². The maximum absolute atomic E-state index is 12.3. The molecule has 0 saturated heterocycles. The van der Waals surface area contributed by atoms with Gasteiger partial charge >= 0.3 is 0 Å². The molecule has 1 aliphatic rings. The van der Waals surface area contributed by atoms with Gasteiger partial charge in [0.25, 0.3) is 0 Å². The summed E-state index contributed by atoms with van der Waals surface area (Å²) >= 11 is 9.39. The van der Waals surface area contributed by atoms with E-state index in [2.05, 4.69) is 26.6 Å². The first-order chi connectivity index (χ1) is 9.54. The molecule has 0 heterocycles. The van der Waals surface area contributed by atoms with Gasteiger partial charge in [0.1, 0.15) is 0 Å². The lowest BCUT2D eigenvalue weighted by Crippen LogP contribution is -2.47. The molecule has 0 bridgehead atoms. The molecule has 2 N–H and O–H groups in total. The minimum atomic E-state index is -0.0482. The van der Waals surface area contributed by atoms with Crippen LogP contribution in [0, 0.1) is 0 Å². The fourth-order valence-electron chi connectivity index (χ4n) is 2.84. The normalized spacial score (nSPS) is 17.8. The standard InChI is InChI=1S/C15H20BrClN2O/c1-18-15(7-3-2-4-8-15)10-14(20)19-13-9-11(17)5-6-12(13)16/h5-6,9,18H,2-4,7-8,10H2,1H3,(H,19,20). The van der Waals surface area contributed by atoms with Crippen molar-refractivity contribution in [2.45, 2.75) is 44.1 Å². The highest BCUT2D eigenvalue weighted by atomic mass is 79.9. The summed E-state index contributed by atoms with van der Waals surface area (Å²) in [5.41, 5.74) is 0.678. The third kappa shape index (κ3) is 3.96. The summed E-state index contributed by atoms with van der Waals surface area (Å²) in [6, 6.07) is 5.39. The highest BCUT2D eigenvalue weighted by Gasteiger charge is 2.32. The van der Waals surface area contributed by atoms with E-state index in [1.807, 2.05) is 13.1 Å². The minimum Gasteiger partial charge on any atom is -0.325 e. The van der Waals surface area contributed by atoms with Gasteiger partial charge in [-0.15, -0.1) is 0 Å². The van der Waals surface area contributed by atoms with Crippen molar-refractivity contribution < 1.29 is 4.79 Å². The smallest absolute Gasteiger partial charge is 0.226 e. The van der Waals surface area contributed by atoms with E-state index in [0.717, 1.165) is 23.0 Å². The maximum atomic E-state index is 12.3. The molecule has 0 aliphatic heterocycles. The molecule has 1 aromatic carbocycles. The molecule has 0 atom stereocenters. The van der Waals surface area contributed by atoms with Gasteiger partial charge in [0.15, 0.2) is 0 Å². The first kappa shape index (κ1) is 15.8. The number of nitrogens with one attached hydrogen (secondary N) is 2. The number of hydrogen-bond donors (Lipinski definition) is 2. The molecular weight excluding hydrogens is 340 g/mol. The Kier molecular flexibility index (Phi) is 5.47. The zero-order valence-corrected chi connectivity index (χ0v) is 14.0. The summed E-state index contributed by atoms with van der Waals surface area (Å²) in [6.45, 7) is 0. The van der Waals surface area contributed by atoms with Crippen LogP contribution in [0.25, 0.3) is 0 Å². The lowest BCUT2D eigenvalue weighted by atomic mass is 9.79. The SMILES string of the molecule is CNC1(CC(=O)Nc2cc(Cl)ccc2Br)CCCCC1. The minimum absolute atomic E-state index is 0.0317. The van der Waals surface area contributed by atoms with Crippen molar-refractivity contribution in [1.29, 1.82) is 0 Å². The fourth-order valence-corrected chi connectivity index (χ4v) is 3.36. The molecule has 1 amide bonds. The van der Waals surface area contributed by atoms with Crippen molar-refractivity contribution >= 4 is 39.1 Å². The molecule has 0 radical (unpaired) electrons. The number of rotatable bonds is 4. The summed E-state index contributed by atoms with van der Waals surface area (Å²) in [6.07, 6.45) is 6.28. The van der Waals surface area contributed by atoms with Crippen LogP contribution in [0.1, 0.15) is 38.5 Å². The van der Waals surface area contributed by atoms with E-state index >= 15 is 0 Å². The van der Waals surface area contributed by atoms with E-state index in [0.29, 0.717) is 11.4 Å². The summed E-state index contributed by atoms with van der Waals surface area (Å²) in [4.78, 5) is 12.3. The number of carbonyl (C=O) groups is 1.